The number of likely N-dealkylation sites (tertiary alicyclic amines) is 1. The number of carbonyl (C=O) groups excluding carboxylic acids is 2. The van der Waals surface area contributed by atoms with Gasteiger partial charge in [0.2, 0.25) is 0 Å². The van der Waals surface area contributed by atoms with Gasteiger partial charge in [0.05, 0.1) is 22.5 Å². The van der Waals surface area contributed by atoms with E-state index in [1.54, 1.807) is 31.5 Å². The highest BCUT2D eigenvalue weighted by molar-refractivity contribution is 6.05. The average molecular weight is 423 g/mol. The smallest absolute Gasteiger partial charge is 0.259 e. The van der Waals surface area contributed by atoms with Gasteiger partial charge in [-0.05, 0) is 38.0 Å². The number of benzene rings is 1. The zero-order valence-corrected chi connectivity index (χ0v) is 16.7. The third kappa shape index (κ3) is 4.25. The molecule has 4 rings (SSSR count). The van der Waals surface area contributed by atoms with E-state index in [9.17, 15) is 18.4 Å². The van der Waals surface area contributed by atoms with Gasteiger partial charge in [-0.25, -0.2) is 18.7 Å². The molecule has 1 aliphatic heterocycles. The van der Waals surface area contributed by atoms with E-state index in [2.05, 4.69) is 20.3 Å². The van der Waals surface area contributed by atoms with Gasteiger partial charge in [0.25, 0.3) is 11.8 Å². The first-order valence-electron chi connectivity index (χ1n) is 9.78. The fourth-order valence-corrected chi connectivity index (χ4v) is 3.41. The largest absolute Gasteiger partial charge is 0.339 e. The van der Waals surface area contributed by atoms with Crippen LogP contribution in [0.15, 0.2) is 42.9 Å². The van der Waals surface area contributed by atoms with Gasteiger partial charge >= 0.3 is 0 Å². The van der Waals surface area contributed by atoms with Crippen molar-refractivity contribution in [2.24, 2.45) is 0 Å². The number of hydrogen-bond acceptors (Lipinski definition) is 5. The number of amides is 2. The van der Waals surface area contributed by atoms with Crippen molar-refractivity contribution in [1.82, 2.24) is 19.9 Å². The lowest BCUT2D eigenvalue weighted by atomic mass is 10.1. The third-order valence-corrected chi connectivity index (χ3v) is 5.07. The predicted molar refractivity (Wildman–Crippen MR) is 109 cm³/mol. The lowest BCUT2D eigenvalue weighted by molar-refractivity contribution is 0.0787. The van der Waals surface area contributed by atoms with Gasteiger partial charge in [0, 0.05) is 43.3 Å². The van der Waals surface area contributed by atoms with E-state index >= 15 is 0 Å². The number of aromatic nitrogens is 3. The Morgan fingerprint density at radius 2 is 1.84 bits per heavy atom. The summed E-state index contributed by atoms with van der Waals surface area (Å²) in [5.41, 5.74) is 0.626. The van der Waals surface area contributed by atoms with Crippen molar-refractivity contribution in [2.45, 2.75) is 19.8 Å². The maximum absolute atomic E-state index is 14.3. The van der Waals surface area contributed by atoms with Gasteiger partial charge in [-0.15, -0.1) is 0 Å². The minimum Gasteiger partial charge on any atom is -0.339 e. The van der Waals surface area contributed by atoms with Crippen LogP contribution in [0.4, 0.5) is 14.5 Å². The van der Waals surface area contributed by atoms with Crippen LogP contribution in [0.25, 0.3) is 11.4 Å². The van der Waals surface area contributed by atoms with Crippen LogP contribution in [0.3, 0.4) is 0 Å². The van der Waals surface area contributed by atoms with Gasteiger partial charge in [-0.3, -0.25) is 14.6 Å². The molecule has 0 unspecified atom stereocenters. The van der Waals surface area contributed by atoms with Crippen molar-refractivity contribution < 1.29 is 18.4 Å². The average Bonchev–Trinajstić information content (AvgIpc) is 3.30. The van der Waals surface area contributed by atoms with Gasteiger partial charge in [-0.1, -0.05) is 0 Å². The summed E-state index contributed by atoms with van der Waals surface area (Å²) in [5.74, 6) is -2.73. The molecule has 1 N–H and O–H groups in total. The number of hydrogen-bond donors (Lipinski definition) is 1. The summed E-state index contributed by atoms with van der Waals surface area (Å²) in [6, 6.07) is 5.17. The molecule has 0 aliphatic carbocycles. The third-order valence-electron chi connectivity index (χ3n) is 5.07. The standard InChI is InChI=1S/C22H19F2N5O2/c1-13-16(12-26-20(27-13)14-5-4-6-25-11-14)21(30)28-19-9-15(17(23)10-18(19)24)22(31)29-7-2-3-8-29/h4-6,9-12H,2-3,7-8H2,1H3,(H,28,30). The normalized spacial score (nSPS) is 13.3. The first kappa shape index (κ1) is 20.5. The van der Waals surface area contributed by atoms with Gasteiger partial charge in [0.15, 0.2) is 5.82 Å². The minimum absolute atomic E-state index is 0.129. The second-order valence-corrected chi connectivity index (χ2v) is 7.20. The van der Waals surface area contributed by atoms with E-state index in [1.807, 2.05) is 0 Å². The molecule has 3 heterocycles. The van der Waals surface area contributed by atoms with E-state index in [-0.39, 0.29) is 16.8 Å². The first-order chi connectivity index (χ1) is 14.9. The van der Waals surface area contributed by atoms with Crippen molar-refractivity contribution in [3.8, 4) is 11.4 Å². The van der Waals surface area contributed by atoms with Crippen LogP contribution in [0.2, 0.25) is 0 Å². The molecule has 0 spiro atoms. The molecular weight excluding hydrogens is 404 g/mol. The van der Waals surface area contributed by atoms with Crippen LogP contribution in [-0.4, -0.2) is 44.8 Å². The lowest BCUT2D eigenvalue weighted by Gasteiger charge is -2.17. The minimum atomic E-state index is -0.977. The summed E-state index contributed by atoms with van der Waals surface area (Å²) >= 11 is 0. The molecular formula is C22H19F2N5O2. The monoisotopic (exact) mass is 423 g/mol. The number of anilines is 1. The number of rotatable bonds is 4. The molecule has 9 heteroatoms. The highest BCUT2D eigenvalue weighted by Gasteiger charge is 2.24. The van der Waals surface area contributed by atoms with Crippen molar-refractivity contribution >= 4 is 17.5 Å². The van der Waals surface area contributed by atoms with Crippen LogP contribution in [-0.2, 0) is 0 Å². The Kier molecular flexibility index (Phi) is 5.66. The predicted octanol–water partition coefficient (Wildman–Crippen LogP) is 3.61. The Balaban J connectivity index is 1.58. The Bertz CT molecular complexity index is 1150. The van der Waals surface area contributed by atoms with E-state index in [0.29, 0.717) is 36.2 Å². The van der Waals surface area contributed by atoms with Crippen molar-refractivity contribution in [1.29, 1.82) is 0 Å². The fourth-order valence-electron chi connectivity index (χ4n) is 3.41. The Hall–Kier alpha value is -3.75. The van der Waals surface area contributed by atoms with E-state index in [4.69, 9.17) is 0 Å². The molecule has 2 aromatic heterocycles. The fraction of sp³-hybridized carbons (Fsp3) is 0.227. The number of pyridine rings is 1. The highest BCUT2D eigenvalue weighted by Crippen LogP contribution is 2.24. The molecule has 0 radical (unpaired) electrons. The van der Waals surface area contributed by atoms with Crippen LogP contribution >= 0.6 is 0 Å². The summed E-state index contributed by atoms with van der Waals surface area (Å²) in [7, 11) is 0. The number of nitrogens with one attached hydrogen (secondary N) is 1. The Labute approximate surface area is 177 Å². The topological polar surface area (TPSA) is 88.1 Å². The molecule has 1 saturated heterocycles. The maximum atomic E-state index is 14.3. The molecule has 0 saturated carbocycles. The van der Waals surface area contributed by atoms with E-state index in [0.717, 1.165) is 18.9 Å². The van der Waals surface area contributed by atoms with Gasteiger partial charge < -0.3 is 10.2 Å². The summed E-state index contributed by atoms with van der Waals surface area (Å²) in [4.78, 5) is 39.3. The number of carbonyl (C=O) groups is 2. The van der Waals surface area contributed by atoms with Crippen LogP contribution in [0, 0.1) is 18.6 Å². The molecule has 31 heavy (non-hydrogen) atoms. The lowest BCUT2D eigenvalue weighted by Crippen LogP contribution is -2.28. The summed E-state index contributed by atoms with van der Waals surface area (Å²) in [5, 5.41) is 2.40. The summed E-state index contributed by atoms with van der Waals surface area (Å²) < 4.78 is 28.6. The molecule has 0 bridgehead atoms. The zero-order valence-electron chi connectivity index (χ0n) is 16.7. The molecule has 1 aromatic carbocycles. The first-order valence-corrected chi connectivity index (χ1v) is 9.78. The molecule has 7 nitrogen and oxygen atoms in total. The van der Waals surface area contributed by atoms with Crippen molar-refractivity contribution in [3.05, 3.63) is 71.3 Å². The highest BCUT2D eigenvalue weighted by atomic mass is 19.1. The maximum Gasteiger partial charge on any atom is 0.259 e. The van der Waals surface area contributed by atoms with E-state index < -0.39 is 23.4 Å². The molecule has 1 fully saturated rings. The molecule has 0 atom stereocenters. The Morgan fingerprint density at radius 1 is 1.06 bits per heavy atom. The summed E-state index contributed by atoms with van der Waals surface area (Å²) in [6.07, 6.45) is 6.23. The zero-order chi connectivity index (χ0) is 22.0. The number of aryl methyl sites for hydroxylation is 1. The van der Waals surface area contributed by atoms with Crippen LogP contribution < -0.4 is 5.32 Å². The van der Waals surface area contributed by atoms with Crippen molar-refractivity contribution in [3.63, 3.8) is 0 Å². The number of nitrogens with zero attached hydrogens (tertiary/aromatic N) is 4. The molecule has 3 aromatic rings. The molecule has 2 amide bonds. The number of halogens is 2. The quantitative estimate of drug-likeness (QED) is 0.693. The van der Waals surface area contributed by atoms with Crippen LogP contribution in [0.5, 0.6) is 0 Å². The molecule has 158 valence electrons. The summed E-state index contributed by atoms with van der Waals surface area (Å²) in [6.45, 7) is 2.67. The Morgan fingerprint density at radius 3 is 2.52 bits per heavy atom. The second-order valence-electron chi connectivity index (χ2n) is 7.20. The SMILES string of the molecule is Cc1nc(-c2cccnc2)ncc1C(=O)Nc1cc(C(=O)N2CCCC2)c(F)cc1F. The molecule has 1 aliphatic rings. The van der Waals surface area contributed by atoms with Crippen LogP contribution in [0.1, 0.15) is 39.3 Å². The van der Waals surface area contributed by atoms with Gasteiger partial charge in [0.1, 0.15) is 11.6 Å². The van der Waals surface area contributed by atoms with Gasteiger partial charge in [-0.2, -0.15) is 0 Å². The van der Waals surface area contributed by atoms with E-state index in [1.165, 1.54) is 11.1 Å². The van der Waals surface area contributed by atoms with Crippen molar-refractivity contribution in [2.75, 3.05) is 18.4 Å². The second kappa shape index (κ2) is 8.55.